The summed E-state index contributed by atoms with van der Waals surface area (Å²) in [4.78, 5) is 114. The van der Waals surface area contributed by atoms with Crippen molar-refractivity contribution in [2.24, 2.45) is 0 Å². The molecule has 9 atom stereocenters. The zero-order valence-electron chi connectivity index (χ0n) is 52.3. The summed E-state index contributed by atoms with van der Waals surface area (Å²) >= 11 is 0. The van der Waals surface area contributed by atoms with Crippen LogP contribution in [-0.2, 0) is 39.8 Å². The van der Waals surface area contributed by atoms with Gasteiger partial charge in [-0.2, -0.15) is 0 Å². The minimum absolute atomic E-state index is 0.0332. The second kappa shape index (κ2) is 24.3. The SMILES string of the molecule is C=Cc1c(C)c2cc3nc(c4c5[nH]c(cc6nc(cc1[nH]2)C(C)=C6CC)c(C)c5C(=O)C4C(=O)OC)[C@@H](CCC(=O)Oc1ccccc1/C=C/C(=O)NC1C[C@@H](O[C@H]2C[C@](O)(CC(=O)O)Cc4c(O)c5c(c(O)c42)C(=O)c2cccc(OC)c2C5=O)O[C@H](C)[C@@H]1O)[C@@H]3C. The highest BCUT2D eigenvalue weighted by atomic mass is 16.7. The number of carbonyl (C=O) groups excluding carboxylic acids is 6. The molecule has 3 aromatic carbocycles. The number of rotatable bonds is 15. The van der Waals surface area contributed by atoms with Gasteiger partial charge < -0.3 is 64.5 Å². The van der Waals surface area contributed by atoms with Gasteiger partial charge >= 0.3 is 17.9 Å². The second-order valence-corrected chi connectivity index (χ2v) is 24.6. The van der Waals surface area contributed by atoms with Crippen LogP contribution < -0.4 is 14.8 Å². The highest BCUT2D eigenvalue weighted by Gasteiger charge is 2.50. The van der Waals surface area contributed by atoms with Crippen LogP contribution in [0.25, 0.3) is 45.4 Å². The number of nitrogens with zero attached hydrogens (tertiary/aromatic N) is 2. The third-order valence-electron chi connectivity index (χ3n) is 19.1. The Morgan fingerprint density at radius 1 is 0.860 bits per heavy atom. The molecule has 1 amide bonds. The maximum Gasteiger partial charge on any atom is 0.321 e. The first-order valence-corrected chi connectivity index (χ1v) is 30.7. The number of esters is 2. The Morgan fingerprint density at radius 3 is 2.30 bits per heavy atom. The fourth-order valence-electron chi connectivity index (χ4n) is 14.4. The van der Waals surface area contributed by atoms with Gasteiger partial charge in [0.15, 0.2) is 17.9 Å². The molecule has 0 spiro atoms. The van der Waals surface area contributed by atoms with Gasteiger partial charge in [-0.3, -0.25) is 38.5 Å². The average Bonchev–Trinajstić information content (AvgIpc) is 1.25. The van der Waals surface area contributed by atoms with E-state index in [1.165, 1.54) is 51.5 Å². The molecule has 6 heterocycles. The lowest BCUT2D eigenvalue weighted by Gasteiger charge is -2.43. The lowest BCUT2D eigenvalue weighted by atomic mass is 9.72. The molecule has 2 unspecified atom stereocenters. The van der Waals surface area contributed by atoms with Crippen LogP contribution in [0.5, 0.6) is 23.0 Å². The molecule has 480 valence electrons. The molecule has 6 aliphatic rings. The monoisotopic (exact) mass is 1260 g/mol. The van der Waals surface area contributed by atoms with Gasteiger partial charge in [0, 0.05) is 105 Å². The summed E-state index contributed by atoms with van der Waals surface area (Å²) in [6, 6.07) is 15.6. The number of amides is 1. The zero-order valence-corrected chi connectivity index (χ0v) is 52.3. The van der Waals surface area contributed by atoms with Crippen LogP contribution in [-0.4, -0.2) is 131 Å². The van der Waals surface area contributed by atoms with Crippen molar-refractivity contribution in [1.82, 2.24) is 25.3 Å². The summed E-state index contributed by atoms with van der Waals surface area (Å²) in [5, 5.41) is 59.7. The number of phenolic OH excluding ortho intramolecular Hbond substituents is 2. The van der Waals surface area contributed by atoms with Gasteiger partial charge in [-0.05, 0) is 99.2 Å². The number of aliphatic hydroxyl groups excluding tert-OH is 1. The summed E-state index contributed by atoms with van der Waals surface area (Å²) in [5.41, 5.74) is 6.91. The van der Waals surface area contributed by atoms with Crippen LogP contribution in [0.3, 0.4) is 0 Å². The quantitative estimate of drug-likeness (QED) is 0.0156. The molecule has 0 saturated carbocycles. The van der Waals surface area contributed by atoms with E-state index in [2.05, 4.69) is 28.8 Å². The third-order valence-corrected chi connectivity index (χ3v) is 19.1. The Morgan fingerprint density at radius 2 is 1.58 bits per heavy atom. The van der Waals surface area contributed by atoms with Gasteiger partial charge in [0.1, 0.15) is 35.0 Å². The summed E-state index contributed by atoms with van der Waals surface area (Å²) in [6.07, 6.45) is -2.18. The normalized spacial score (nSPS) is 22.9. The maximum atomic E-state index is 14.6. The fraction of sp³-hybridized carbons (Fsp3) is 0.338. The number of ether oxygens (including phenoxy) is 5. The number of aliphatic hydroxyl groups is 2. The molecule has 22 nitrogen and oxygen atoms in total. The van der Waals surface area contributed by atoms with Gasteiger partial charge in [-0.15, -0.1) is 0 Å². The molecule has 22 heteroatoms. The molecule has 8 bridgehead atoms. The number of carboxylic acid groups (broad SMARTS) is 1. The summed E-state index contributed by atoms with van der Waals surface area (Å²) in [7, 11) is 2.53. The maximum absolute atomic E-state index is 14.6. The number of ketones is 3. The van der Waals surface area contributed by atoms with Crippen LogP contribution in [0.4, 0.5) is 0 Å². The number of para-hydroxylation sites is 1. The number of fused-ring (bicyclic) bond motifs is 11. The highest BCUT2D eigenvalue weighted by molar-refractivity contribution is 6.31. The number of aryl methyl sites for hydroxylation is 2. The lowest BCUT2D eigenvalue weighted by molar-refractivity contribution is -0.250. The zero-order chi connectivity index (χ0) is 66.4. The number of methoxy groups -OCH3 is 2. The minimum atomic E-state index is -2.12. The molecule has 0 radical (unpaired) electrons. The number of H-pyrrole nitrogens is 2. The van der Waals surface area contributed by atoms with Crippen molar-refractivity contribution in [3.8, 4) is 23.0 Å². The van der Waals surface area contributed by atoms with Crippen molar-refractivity contribution < 1.29 is 82.8 Å². The largest absolute Gasteiger partial charge is 0.507 e. The van der Waals surface area contributed by atoms with Crippen molar-refractivity contribution in [3.05, 3.63) is 163 Å². The Hall–Kier alpha value is -9.87. The number of carbonyl (C=O) groups is 7. The van der Waals surface area contributed by atoms with Crippen molar-refractivity contribution in [2.75, 3.05) is 14.2 Å². The van der Waals surface area contributed by atoms with Crippen molar-refractivity contribution in [1.29, 1.82) is 0 Å². The number of benzene rings is 3. The van der Waals surface area contributed by atoms with E-state index in [-0.39, 0.29) is 58.9 Å². The van der Waals surface area contributed by atoms with Crippen LogP contribution in [0.2, 0.25) is 0 Å². The molecule has 1 fully saturated rings. The standard InChI is InChI=1S/C71H69N5O17/c1-10-36-30(3)41-23-43-32(5)38(62(75-43)58-61(70(87)90-9)67(84)55-33(6)44(76-63(55)58)25-46-37(11-2)31(4)42(73-46)24-45(36)72-41)20-22-53(80)92-48-17-13-12-15-35(48)19-21-51(77)74-47-26-54(91-34(7)64(47)81)93-50-28-71(88,29-52(78)79)27-40-57(50)69(86)59-60(66(40)83)68(85)56-39(65(59)82)16-14-18-49(56)89-8/h10,12-19,21,23-25,32,34,38,47,50,54,61,64,72,76,81,83,86,88H,1,11,20,22,26-29H2,2-9H3,(H,74,77)(H,78,79)/b21-19+,41-23?,42-24?,43-23?,44-25?,45-24?,46-25?,62-58?/t32-,34+,38-,47?,50-,54+,61?,64-,71-/m0/s1. The van der Waals surface area contributed by atoms with Crippen molar-refractivity contribution in [3.63, 3.8) is 0 Å². The predicted molar refractivity (Wildman–Crippen MR) is 340 cm³/mol. The van der Waals surface area contributed by atoms with Gasteiger partial charge in [0.2, 0.25) is 11.7 Å². The van der Waals surface area contributed by atoms with E-state index in [9.17, 15) is 59.1 Å². The number of Topliss-reactive ketones (excluding diaryl/α,β-unsaturated/α-hetero) is 1. The molecule has 6 aromatic rings. The number of nitrogens with one attached hydrogen (secondary N) is 3. The molecule has 3 aliphatic heterocycles. The number of phenols is 2. The third kappa shape index (κ3) is 10.9. The number of aromatic hydroxyl groups is 2. The van der Waals surface area contributed by atoms with Crippen LogP contribution in [0, 0.1) is 13.8 Å². The summed E-state index contributed by atoms with van der Waals surface area (Å²) in [5.74, 6) is -9.16. The van der Waals surface area contributed by atoms with E-state index >= 15 is 0 Å². The van der Waals surface area contributed by atoms with Crippen molar-refractivity contribution in [2.45, 2.75) is 140 Å². The van der Waals surface area contributed by atoms with Gasteiger partial charge in [-0.1, -0.05) is 56.8 Å². The molecule has 3 aromatic heterocycles. The summed E-state index contributed by atoms with van der Waals surface area (Å²) in [6.45, 7) is 15.5. The first-order valence-electron chi connectivity index (χ1n) is 30.7. The lowest BCUT2D eigenvalue weighted by Crippen LogP contribution is -2.55. The Labute approximate surface area is 533 Å². The topological polar surface area (TPSA) is 336 Å². The number of aromatic amines is 2. The van der Waals surface area contributed by atoms with E-state index in [1.54, 1.807) is 30.3 Å². The Kier molecular flexibility index (Phi) is 16.5. The van der Waals surface area contributed by atoms with Crippen LogP contribution in [0.15, 0.2) is 73.3 Å². The molecular formula is C71H69N5O17. The Balaban J connectivity index is 0.793. The number of hydrogen-bond acceptors (Lipinski definition) is 18. The predicted octanol–water partition coefficient (Wildman–Crippen LogP) is 9.74. The minimum Gasteiger partial charge on any atom is -0.507 e. The molecule has 1 saturated heterocycles. The number of aromatic nitrogens is 4. The second-order valence-electron chi connectivity index (χ2n) is 24.6. The van der Waals surface area contributed by atoms with E-state index in [0.29, 0.717) is 51.1 Å². The van der Waals surface area contributed by atoms with Crippen LogP contribution in [0.1, 0.15) is 194 Å². The molecule has 93 heavy (non-hydrogen) atoms. The number of aliphatic carboxylic acids is 1. The Bertz CT molecular complexity index is 4510. The molecule has 12 rings (SSSR count). The van der Waals surface area contributed by atoms with Gasteiger partial charge in [-0.25, -0.2) is 4.98 Å². The first-order chi connectivity index (χ1) is 44.4. The van der Waals surface area contributed by atoms with E-state index < -0.39 is 131 Å². The van der Waals surface area contributed by atoms with Gasteiger partial charge in [0.05, 0.1) is 83.8 Å². The average molecular weight is 1260 g/mol. The first kappa shape index (κ1) is 63.3. The van der Waals surface area contributed by atoms with Crippen LogP contribution >= 0.6 is 0 Å². The fourth-order valence-corrected chi connectivity index (χ4v) is 14.4. The molecule has 8 N–H and O–H groups in total. The number of allylic oxidation sites excluding steroid dienone is 2. The molecular weight excluding hydrogens is 1190 g/mol. The van der Waals surface area contributed by atoms with E-state index in [1.807, 2.05) is 45.9 Å². The highest BCUT2D eigenvalue weighted by Crippen LogP contribution is 2.54. The van der Waals surface area contributed by atoms with E-state index in [4.69, 9.17) is 33.7 Å². The number of hydrogen-bond donors (Lipinski definition) is 8. The van der Waals surface area contributed by atoms with Crippen molar-refractivity contribution >= 4 is 86.5 Å². The van der Waals surface area contributed by atoms with E-state index in [0.717, 1.165) is 44.7 Å². The summed E-state index contributed by atoms with van der Waals surface area (Å²) < 4.78 is 29.1. The van der Waals surface area contributed by atoms with Gasteiger partial charge in [0.25, 0.3) is 0 Å². The number of carboxylic acids is 1. The smallest absolute Gasteiger partial charge is 0.321 e. The molecule has 3 aliphatic carbocycles.